The van der Waals surface area contributed by atoms with Crippen molar-refractivity contribution in [2.45, 2.75) is 33.4 Å². The summed E-state index contributed by atoms with van der Waals surface area (Å²) in [6.07, 6.45) is 0. The standard InChI is InChI=1S/C25H26FNO3/c1-4-29-24-14-9-20(15-21(24)16-30-23-12-5-17(2)6-13-23)25(28)27-18(3)19-7-10-22(26)11-8-19/h5-15,18H,4,16H2,1-3H3,(H,27,28)/t18-/m0/s1. The summed E-state index contributed by atoms with van der Waals surface area (Å²) < 4.78 is 24.7. The molecule has 0 heterocycles. The molecule has 156 valence electrons. The molecular formula is C25H26FNO3. The number of carbonyl (C=O) groups is 1. The molecule has 0 unspecified atom stereocenters. The van der Waals surface area contributed by atoms with Crippen molar-refractivity contribution in [2.75, 3.05) is 6.61 Å². The van der Waals surface area contributed by atoms with Crippen LogP contribution in [0.4, 0.5) is 4.39 Å². The van der Waals surface area contributed by atoms with Crippen molar-refractivity contribution >= 4 is 5.91 Å². The van der Waals surface area contributed by atoms with Gasteiger partial charge in [-0.3, -0.25) is 4.79 Å². The van der Waals surface area contributed by atoms with Crippen LogP contribution in [0.25, 0.3) is 0 Å². The Balaban J connectivity index is 1.73. The molecule has 1 atom stereocenters. The Morgan fingerprint density at radius 3 is 2.37 bits per heavy atom. The predicted molar refractivity (Wildman–Crippen MR) is 115 cm³/mol. The molecule has 0 aliphatic rings. The van der Waals surface area contributed by atoms with E-state index in [1.165, 1.54) is 12.1 Å². The number of hydrogen-bond donors (Lipinski definition) is 1. The topological polar surface area (TPSA) is 47.6 Å². The Labute approximate surface area is 176 Å². The SMILES string of the molecule is CCOc1ccc(C(=O)N[C@@H](C)c2ccc(F)cc2)cc1COc1ccc(C)cc1. The molecule has 0 aliphatic carbocycles. The number of aryl methyl sites for hydroxylation is 1. The minimum atomic E-state index is -0.304. The highest BCUT2D eigenvalue weighted by molar-refractivity contribution is 5.94. The van der Waals surface area contributed by atoms with Crippen molar-refractivity contribution in [2.24, 2.45) is 0 Å². The number of nitrogens with one attached hydrogen (secondary N) is 1. The van der Waals surface area contributed by atoms with Crippen LogP contribution in [0.2, 0.25) is 0 Å². The van der Waals surface area contributed by atoms with Crippen LogP contribution in [0, 0.1) is 12.7 Å². The number of benzene rings is 3. The maximum absolute atomic E-state index is 13.1. The van der Waals surface area contributed by atoms with E-state index in [0.29, 0.717) is 17.9 Å². The van der Waals surface area contributed by atoms with Crippen LogP contribution in [0.15, 0.2) is 66.7 Å². The molecule has 3 aromatic rings. The minimum absolute atomic E-state index is 0.216. The molecule has 0 bridgehead atoms. The first kappa shape index (κ1) is 21.4. The van der Waals surface area contributed by atoms with Crippen LogP contribution in [0.5, 0.6) is 11.5 Å². The summed E-state index contributed by atoms with van der Waals surface area (Å²) in [4.78, 5) is 12.8. The fraction of sp³-hybridized carbons (Fsp3) is 0.240. The second-order valence-electron chi connectivity index (χ2n) is 7.10. The van der Waals surface area contributed by atoms with Gasteiger partial charge in [-0.1, -0.05) is 29.8 Å². The monoisotopic (exact) mass is 407 g/mol. The van der Waals surface area contributed by atoms with Crippen molar-refractivity contribution in [3.05, 3.63) is 94.8 Å². The Bertz CT molecular complexity index is 984. The zero-order valence-corrected chi connectivity index (χ0v) is 17.4. The zero-order chi connectivity index (χ0) is 21.5. The molecule has 0 aliphatic heterocycles. The van der Waals surface area contributed by atoms with Crippen LogP contribution >= 0.6 is 0 Å². The molecule has 0 aromatic heterocycles. The summed E-state index contributed by atoms with van der Waals surface area (Å²) in [5.41, 5.74) is 3.29. The number of ether oxygens (including phenoxy) is 2. The molecule has 0 fully saturated rings. The highest BCUT2D eigenvalue weighted by atomic mass is 19.1. The van der Waals surface area contributed by atoms with Gasteiger partial charge in [0.1, 0.15) is 23.9 Å². The summed E-state index contributed by atoms with van der Waals surface area (Å²) in [6.45, 7) is 6.60. The zero-order valence-electron chi connectivity index (χ0n) is 17.4. The first-order valence-electron chi connectivity index (χ1n) is 9.97. The van der Waals surface area contributed by atoms with Gasteiger partial charge in [0.25, 0.3) is 5.91 Å². The van der Waals surface area contributed by atoms with E-state index < -0.39 is 0 Å². The Morgan fingerprint density at radius 2 is 1.70 bits per heavy atom. The fourth-order valence-electron chi connectivity index (χ4n) is 3.04. The van der Waals surface area contributed by atoms with Gasteiger partial charge in [0, 0.05) is 11.1 Å². The van der Waals surface area contributed by atoms with Crippen LogP contribution in [-0.2, 0) is 6.61 Å². The predicted octanol–water partition coefficient (Wildman–Crippen LogP) is 5.60. The highest BCUT2D eigenvalue weighted by Crippen LogP contribution is 2.24. The van der Waals surface area contributed by atoms with Gasteiger partial charge in [-0.15, -0.1) is 0 Å². The van der Waals surface area contributed by atoms with Gasteiger partial charge < -0.3 is 14.8 Å². The molecule has 5 heteroatoms. The van der Waals surface area contributed by atoms with E-state index in [2.05, 4.69) is 5.32 Å². The summed E-state index contributed by atoms with van der Waals surface area (Å²) in [6, 6.07) is 18.9. The minimum Gasteiger partial charge on any atom is -0.493 e. The lowest BCUT2D eigenvalue weighted by Crippen LogP contribution is -2.26. The first-order valence-corrected chi connectivity index (χ1v) is 9.97. The Kier molecular flexibility index (Phi) is 7.07. The smallest absolute Gasteiger partial charge is 0.251 e. The molecule has 30 heavy (non-hydrogen) atoms. The second kappa shape index (κ2) is 9.92. The van der Waals surface area contributed by atoms with E-state index in [0.717, 1.165) is 22.4 Å². The lowest BCUT2D eigenvalue weighted by atomic mass is 10.1. The third-order valence-corrected chi connectivity index (χ3v) is 4.76. The first-order chi connectivity index (χ1) is 14.5. The van der Waals surface area contributed by atoms with Gasteiger partial charge in [0.2, 0.25) is 0 Å². The van der Waals surface area contributed by atoms with Gasteiger partial charge in [-0.25, -0.2) is 4.39 Å². The normalized spacial score (nSPS) is 11.6. The van der Waals surface area contributed by atoms with Gasteiger partial charge in [-0.05, 0) is 68.8 Å². The number of amides is 1. The molecule has 1 amide bonds. The summed E-state index contributed by atoms with van der Waals surface area (Å²) in [5.74, 6) is 0.920. The quantitative estimate of drug-likeness (QED) is 0.528. The maximum atomic E-state index is 13.1. The van der Waals surface area contributed by atoms with Gasteiger partial charge >= 0.3 is 0 Å². The van der Waals surface area contributed by atoms with Crippen LogP contribution in [-0.4, -0.2) is 12.5 Å². The maximum Gasteiger partial charge on any atom is 0.251 e. The van der Waals surface area contributed by atoms with Crippen LogP contribution < -0.4 is 14.8 Å². The van der Waals surface area contributed by atoms with Crippen molar-refractivity contribution in [1.82, 2.24) is 5.32 Å². The molecule has 0 saturated heterocycles. The average molecular weight is 407 g/mol. The lowest BCUT2D eigenvalue weighted by molar-refractivity contribution is 0.0939. The third kappa shape index (κ3) is 5.60. The van der Waals surface area contributed by atoms with Crippen LogP contribution in [0.1, 0.15) is 46.9 Å². The molecule has 0 spiro atoms. The van der Waals surface area contributed by atoms with E-state index >= 15 is 0 Å². The molecule has 3 aromatic carbocycles. The van der Waals surface area contributed by atoms with Gasteiger partial charge in [0.05, 0.1) is 12.6 Å². The van der Waals surface area contributed by atoms with Crippen molar-refractivity contribution in [3.63, 3.8) is 0 Å². The van der Waals surface area contributed by atoms with E-state index in [1.807, 2.05) is 45.0 Å². The van der Waals surface area contributed by atoms with Crippen molar-refractivity contribution in [1.29, 1.82) is 0 Å². The summed E-state index contributed by atoms with van der Waals surface area (Å²) >= 11 is 0. The molecular weight excluding hydrogens is 381 g/mol. The number of halogens is 1. The molecule has 1 N–H and O–H groups in total. The lowest BCUT2D eigenvalue weighted by Gasteiger charge is -2.16. The van der Waals surface area contributed by atoms with Gasteiger partial charge in [-0.2, -0.15) is 0 Å². The summed E-state index contributed by atoms with van der Waals surface area (Å²) in [5, 5.41) is 2.95. The highest BCUT2D eigenvalue weighted by Gasteiger charge is 2.14. The summed E-state index contributed by atoms with van der Waals surface area (Å²) in [7, 11) is 0. The largest absolute Gasteiger partial charge is 0.493 e. The van der Waals surface area contributed by atoms with E-state index in [4.69, 9.17) is 9.47 Å². The van der Waals surface area contributed by atoms with Crippen LogP contribution in [0.3, 0.4) is 0 Å². The number of hydrogen-bond acceptors (Lipinski definition) is 3. The van der Waals surface area contributed by atoms with Crippen molar-refractivity contribution in [3.8, 4) is 11.5 Å². The van der Waals surface area contributed by atoms with Gasteiger partial charge in [0.15, 0.2) is 0 Å². The molecule has 0 saturated carbocycles. The third-order valence-electron chi connectivity index (χ3n) is 4.76. The average Bonchev–Trinajstić information content (AvgIpc) is 2.74. The Morgan fingerprint density at radius 1 is 1.00 bits per heavy atom. The number of rotatable bonds is 8. The van der Waals surface area contributed by atoms with E-state index in [9.17, 15) is 9.18 Å². The second-order valence-corrected chi connectivity index (χ2v) is 7.10. The number of carbonyl (C=O) groups excluding carboxylic acids is 1. The fourth-order valence-corrected chi connectivity index (χ4v) is 3.04. The van der Waals surface area contributed by atoms with E-state index in [-0.39, 0.29) is 24.4 Å². The van der Waals surface area contributed by atoms with Crippen molar-refractivity contribution < 1.29 is 18.7 Å². The van der Waals surface area contributed by atoms with E-state index in [1.54, 1.807) is 30.3 Å². The Hall–Kier alpha value is -3.34. The molecule has 0 radical (unpaired) electrons. The molecule has 4 nitrogen and oxygen atoms in total. The molecule has 3 rings (SSSR count).